The van der Waals surface area contributed by atoms with Crippen molar-refractivity contribution in [1.29, 1.82) is 0 Å². The van der Waals surface area contributed by atoms with Crippen molar-refractivity contribution in [1.82, 2.24) is 20.2 Å². The molecule has 1 N–H and O–H groups in total. The van der Waals surface area contributed by atoms with Crippen LogP contribution in [0.15, 0.2) is 36.4 Å². The number of aryl methyl sites for hydroxylation is 1. The van der Waals surface area contributed by atoms with Gasteiger partial charge < -0.3 is 5.11 Å². The summed E-state index contributed by atoms with van der Waals surface area (Å²) in [7, 11) is 1.65. The number of carbonyl (C=O) groups is 1. The van der Waals surface area contributed by atoms with E-state index in [1.807, 2.05) is 6.07 Å². The van der Waals surface area contributed by atoms with Gasteiger partial charge in [-0.15, -0.1) is 21.5 Å². The molecule has 0 aliphatic heterocycles. The highest BCUT2D eigenvalue weighted by Gasteiger charge is 2.15. The SMILES string of the molecule is Cn1nnc(-c2cc(-c3ccc(F)cc3)sc2/C=C/C(=O)O)n1. The van der Waals surface area contributed by atoms with Crippen LogP contribution < -0.4 is 0 Å². The van der Waals surface area contributed by atoms with Gasteiger partial charge in [-0.25, -0.2) is 9.18 Å². The van der Waals surface area contributed by atoms with Crippen LogP contribution in [0.5, 0.6) is 0 Å². The van der Waals surface area contributed by atoms with Crippen LogP contribution in [-0.4, -0.2) is 31.3 Å². The molecule has 0 bridgehead atoms. The molecule has 2 aromatic heterocycles. The normalized spacial score (nSPS) is 11.2. The molecule has 0 spiro atoms. The van der Waals surface area contributed by atoms with E-state index in [4.69, 9.17) is 5.11 Å². The Labute approximate surface area is 134 Å². The number of hydrogen-bond donors (Lipinski definition) is 1. The minimum atomic E-state index is -1.04. The molecule has 3 rings (SSSR count). The molecule has 0 aliphatic rings. The van der Waals surface area contributed by atoms with E-state index in [9.17, 15) is 9.18 Å². The smallest absolute Gasteiger partial charge is 0.328 e. The lowest BCUT2D eigenvalue weighted by Crippen LogP contribution is -1.92. The van der Waals surface area contributed by atoms with Gasteiger partial charge in [0.05, 0.1) is 7.05 Å². The van der Waals surface area contributed by atoms with Gasteiger partial charge in [0.15, 0.2) is 0 Å². The lowest BCUT2D eigenvalue weighted by Gasteiger charge is -1.95. The topological polar surface area (TPSA) is 80.9 Å². The van der Waals surface area contributed by atoms with E-state index < -0.39 is 5.97 Å². The van der Waals surface area contributed by atoms with Crippen LogP contribution in [0.2, 0.25) is 0 Å². The van der Waals surface area contributed by atoms with Gasteiger partial charge in [0.1, 0.15) is 5.82 Å². The van der Waals surface area contributed by atoms with E-state index in [0.29, 0.717) is 16.3 Å². The average Bonchev–Trinajstić information content (AvgIpc) is 3.12. The van der Waals surface area contributed by atoms with Crippen molar-refractivity contribution >= 4 is 23.4 Å². The molecule has 0 fully saturated rings. The summed E-state index contributed by atoms with van der Waals surface area (Å²) in [6.07, 6.45) is 2.55. The molecule has 0 saturated carbocycles. The first-order valence-electron chi connectivity index (χ1n) is 6.58. The number of rotatable bonds is 4. The number of carboxylic acids is 1. The molecule has 0 radical (unpaired) electrons. The van der Waals surface area contributed by atoms with Gasteiger partial charge in [0.2, 0.25) is 5.82 Å². The molecule has 6 nitrogen and oxygen atoms in total. The molecule has 1 aromatic carbocycles. The second kappa shape index (κ2) is 6.09. The second-order valence-corrected chi connectivity index (χ2v) is 5.75. The lowest BCUT2D eigenvalue weighted by atomic mass is 10.1. The first-order chi connectivity index (χ1) is 11.0. The first-order valence-corrected chi connectivity index (χ1v) is 7.40. The zero-order valence-electron chi connectivity index (χ0n) is 12.0. The van der Waals surface area contributed by atoms with Crippen molar-refractivity contribution in [2.24, 2.45) is 7.05 Å². The Balaban J connectivity index is 2.09. The summed E-state index contributed by atoms with van der Waals surface area (Å²) in [5, 5.41) is 20.7. The third-order valence-corrected chi connectivity index (χ3v) is 4.17. The van der Waals surface area contributed by atoms with Crippen molar-refractivity contribution in [2.45, 2.75) is 0 Å². The Morgan fingerprint density at radius 3 is 2.70 bits per heavy atom. The lowest BCUT2D eigenvalue weighted by molar-refractivity contribution is -0.131. The molecular weight excluding hydrogens is 319 g/mol. The van der Waals surface area contributed by atoms with E-state index in [0.717, 1.165) is 16.5 Å². The maximum absolute atomic E-state index is 13.1. The van der Waals surface area contributed by atoms with E-state index >= 15 is 0 Å². The monoisotopic (exact) mass is 330 g/mol. The van der Waals surface area contributed by atoms with E-state index in [-0.39, 0.29) is 5.82 Å². The molecule has 0 amide bonds. The van der Waals surface area contributed by atoms with Crippen molar-refractivity contribution < 1.29 is 14.3 Å². The van der Waals surface area contributed by atoms with E-state index in [1.54, 1.807) is 19.2 Å². The highest BCUT2D eigenvalue weighted by Crippen LogP contribution is 2.36. The van der Waals surface area contributed by atoms with Crippen LogP contribution in [0.25, 0.3) is 27.9 Å². The maximum Gasteiger partial charge on any atom is 0.328 e. The van der Waals surface area contributed by atoms with Crippen molar-refractivity contribution in [2.75, 3.05) is 0 Å². The fourth-order valence-corrected chi connectivity index (χ4v) is 3.06. The zero-order valence-corrected chi connectivity index (χ0v) is 12.8. The Bertz CT molecular complexity index is 883. The van der Waals surface area contributed by atoms with Crippen molar-refractivity contribution in [3.8, 4) is 21.8 Å². The van der Waals surface area contributed by atoms with Crippen LogP contribution in [0.1, 0.15) is 4.88 Å². The Hall–Kier alpha value is -2.87. The summed E-state index contributed by atoms with van der Waals surface area (Å²) in [6, 6.07) is 7.93. The number of thiophene rings is 1. The third kappa shape index (κ3) is 3.32. The summed E-state index contributed by atoms with van der Waals surface area (Å²) < 4.78 is 13.1. The minimum Gasteiger partial charge on any atom is -0.478 e. The number of aromatic nitrogens is 4. The predicted molar refractivity (Wildman–Crippen MR) is 84.2 cm³/mol. The molecule has 3 aromatic rings. The van der Waals surface area contributed by atoms with Gasteiger partial charge >= 0.3 is 5.97 Å². The summed E-state index contributed by atoms with van der Waals surface area (Å²) in [5.41, 5.74) is 1.51. The summed E-state index contributed by atoms with van der Waals surface area (Å²) in [6.45, 7) is 0. The van der Waals surface area contributed by atoms with Gasteiger partial charge in [-0.2, -0.15) is 4.80 Å². The van der Waals surface area contributed by atoms with Gasteiger partial charge in [-0.05, 0) is 35.1 Å². The van der Waals surface area contributed by atoms with Crippen LogP contribution in [-0.2, 0) is 11.8 Å². The Morgan fingerprint density at radius 2 is 2.09 bits per heavy atom. The molecule has 0 unspecified atom stereocenters. The Morgan fingerprint density at radius 1 is 1.35 bits per heavy atom. The van der Waals surface area contributed by atoms with Crippen LogP contribution in [0, 0.1) is 5.82 Å². The van der Waals surface area contributed by atoms with E-state index in [2.05, 4.69) is 15.4 Å². The van der Waals surface area contributed by atoms with Crippen molar-refractivity contribution in [3.63, 3.8) is 0 Å². The average molecular weight is 330 g/mol. The Kier molecular flexibility index (Phi) is 3.98. The summed E-state index contributed by atoms with van der Waals surface area (Å²) in [4.78, 5) is 13.6. The molecule has 23 heavy (non-hydrogen) atoms. The number of carboxylic acid groups (broad SMARTS) is 1. The quantitative estimate of drug-likeness (QED) is 0.744. The molecule has 2 heterocycles. The van der Waals surface area contributed by atoms with Gasteiger partial charge in [0.25, 0.3) is 0 Å². The highest BCUT2D eigenvalue weighted by atomic mass is 32.1. The van der Waals surface area contributed by atoms with Gasteiger partial charge in [-0.3, -0.25) is 0 Å². The molecular formula is C15H11FN4O2S. The number of hydrogen-bond acceptors (Lipinski definition) is 5. The standard InChI is InChI=1S/C15H11FN4O2S/c1-20-18-15(17-19-20)11-8-13(9-2-4-10(16)5-3-9)23-12(11)6-7-14(21)22/h2-8H,1H3,(H,21,22)/b7-6+. The molecule has 0 saturated heterocycles. The second-order valence-electron chi connectivity index (χ2n) is 4.67. The molecule has 8 heteroatoms. The van der Waals surface area contributed by atoms with Crippen LogP contribution in [0.4, 0.5) is 4.39 Å². The predicted octanol–water partition coefficient (Wildman–Crippen LogP) is 2.84. The number of nitrogens with zero attached hydrogens (tertiary/aromatic N) is 4. The van der Waals surface area contributed by atoms with Gasteiger partial charge in [-0.1, -0.05) is 12.1 Å². The number of aliphatic carboxylic acids is 1. The molecule has 0 aliphatic carbocycles. The highest BCUT2D eigenvalue weighted by molar-refractivity contribution is 7.16. The number of benzene rings is 1. The van der Waals surface area contributed by atoms with Crippen LogP contribution >= 0.6 is 11.3 Å². The molecule has 116 valence electrons. The minimum absolute atomic E-state index is 0.313. The summed E-state index contributed by atoms with van der Waals surface area (Å²) in [5.74, 6) is -0.950. The summed E-state index contributed by atoms with van der Waals surface area (Å²) >= 11 is 1.37. The fourth-order valence-electron chi connectivity index (χ4n) is 2.00. The van der Waals surface area contributed by atoms with Crippen LogP contribution in [0.3, 0.4) is 0 Å². The maximum atomic E-state index is 13.1. The zero-order chi connectivity index (χ0) is 16.4. The molecule has 0 atom stereocenters. The number of halogens is 1. The fraction of sp³-hybridized carbons (Fsp3) is 0.0667. The van der Waals surface area contributed by atoms with Gasteiger partial charge in [0, 0.05) is 21.4 Å². The van der Waals surface area contributed by atoms with Crippen molar-refractivity contribution in [3.05, 3.63) is 47.1 Å². The first kappa shape index (κ1) is 15.0. The third-order valence-electron chi connectivity index (χ3n) is 3.02. The van der Waals surface area contributed by atoms with E-state index in [1.165, 1.54) is 34.3 Å². The number of tetrazole rings is 1. The largest absolute Gasteiger partial charge is 0.478 e.